The monoisotopic (exact) mass is 224 g/mol. The molecule has 0 radical (unpaired) electrons. The van der Waals surface area contributed by atoms with Gasteiger partial charge in [0.25, 0.3) is 0 Å². The number of rotatable bonds is 2. The Hall–Kier alpha value is -0.570. The summed E-state index contributed by atoms with van der Waals surface area (Å²) in [6, 6.07) is 0.462. The first-order valence-corrected chi connectivity index (χ1v) is 6.77. The van der Waals surface area contributed by atoms with E-state index in [4.69, 9.17) is 0 Å². The highest BCUT2D eigenvalue weighted by Crippen LogP contribution is 2.26. The highest BCUT2D eigenvalue weighted by atomic mass is 16.2. The number of hydrogen-bond acceptors (Lipinski definition) is 2. The van der Waals surface area contributed by atoms with E-state index < -0.39 is 0 Å². The molecule has 1 N–H and O–H groups in total. The van der Waals surface area contributed by atoms with Gasteiger partial charge in [-0.3, -0.25) is 4.79 Å². The van der Waals surface area contributed by atoms with Crippen molar-refractivity contribution in [1.82, 2.24) is 10.2 Å². The van der Waals surface area contributed by atoms with Crippen LogP contribution in [-0.2, 0) is 4.79 Å². The lowest BCUT2D eigenvalue weighted by molar-refractivity contribution is -0.133. The second-order valence-corrected chi connectivity index (χ2v) is 5.40. The van der Waals surface area contributed by atoms with E-state index in [1.54, 1.807) is 0 Å². The highest BCUT2D eigenvalue weighted by Gasteiger charge is 2.23. The number of carbonyl (C=O) groups is 1. The van der Waals surface area contributed by atoms with E-state index in [-0.39, 0.29) is 0 Å². The first-order chi connectivity index (χ1) is 7.75. The minimum Gasteiger partial charge on any atom is -0.340 e. The van der Waals surface area contributed by atoms with Gasteiger partial charge in [0, 0.05) is 32.1 Å². The van der Waals surface area contributed by atoms with Crippen LogP contribution in [0.4, 0.5) is 0 Å². The van der Waals surface area contributed by atoms with E-state index in [1.165, 1.54) is 32.1 Å². The van der Waals surface area contributed by atoms with Crippen molar-refractivity contribution in [3.05, 3.63) is 0 Å². The number of nitrogens with zero attached hydrogens (tertiary/aromatic N) is 1. The Balaban J connectivity index is 1.77. The van der Waals surface area contributed by atoms with Gasteiger partial charge in [-0.15, -0.1) is 0 Å². The molecule has 0 spiro atoms. The molecule has 1 aliphatic heterocycles. The lowest BCUT2D eigenvalue weighted by Crippen LogP contribution is -2.51. The molecular formula is C13H24N2O. The number of amides is 1. The molecule has 2 rings (SSSR count). The third kappa shape index (κ3) is 3.21. The Morgan fingerprint density at radius 2 is 2.06 bits per heavy atom. The molecule has 0 bridgehead atoms. The van der Waals surface area contributed by atoms with E-state index in [0.29, 0.717) is 17.9 Å². The summed E-state index contributed by atoms with van der Waals surface area (Å²) in [7, 11) is 0. The summed E-state index contributed by atoms with van der Waals surface area (Å²) >= 11 is 0. The first kappa shape index (κ1) is 11.9. The lowest BCUT2D eigenvalue weighted by Gasteiger charge is -2.33. The van der Waals surface area contributed by atoms with Gasteiger partial charge in [-0.2, -0.15) is 0 Å². The number of hydrogen-bond donors (Lipinski definition) is 1. The van der Waals surface area contributed by atoms with E-state index in [2.05, 4.69) is 17.1 Å². The summed E-state index contributed by atoms with van der Waals surface area (Å²) < 4.78 is 0. The van der Waals surface area contributed by atoms with Crippen LogP contribution >= 0.6 is 0 Å². The lowest BCUT2D eigenvalue weighted by atomic mass is 9.86. The number of piperazine rings is 1. The molecule has 0 aromatic heterocycles. The molecule has 0 unspecified atom stereocenters. The van der Waals surface area contributed by atoms with Gasteiger partial charge < -0.3 is 10.2 Å². The van der Waals surface area contributed by atoms with Crippen LogP contribution in [0.1, 0.15) is 45.4 Å². The molecule has 1 saturated heterocycles. The van der Waals surface area contributed by atoms with Crippen LogP contribution < -0.4 is 5.32 Å². The second-order valence-electron chi connectivity index (χ2n) is 5.40. The zero-order chi connectivity index (χ0) is 11.4. The molecule has 0 aromatic rings. The predicted octanol–water partition coefficient (Wildman–Crippen LogP) is 1.78. The van der Waals surface area contributed by atoms with E-state index in [9.17, 15) is 4.79 Å². The van der Waals surface area contributed by atoms with Crippen molar-refractivity contribution >= 4 is 5.91 Å². The average molecular weight is 224 g/mol. The molecule has 1 heterocycles. The van der Waals surface area contributed by atoms with Gasteiger partial charge in [0.15, 0.2) is 0 Å². The van der Waals surface area contributed by atoms with Crippen molar-refractivity contribution in [2.24, 2.45) is 5.92 Å². The molecule has 1 aliphatic carbocycles. The fourth-order valence-corrected chi connectivity index (χ4v) is 2.93. The van der Waals surface area contributed by atoms with Crippen LogP contribution in [0.15, 0.2) is 0 Å². The summed E-state index contributed by atoms with van der Waals surface area (Å²) in [5.74, 6) is 1.06. The molecule has 16 heavy (non-hydrogen) atoms. The van der Waals surface area contributed by atoms with Gasteiger partial charge >= 0.3 is 0 Å². The smallest absolute Gasteiger partial charge is 0.222 e. The van der Waals surface area contributed by atoms with Crippen LogP contribution in [0, 0.1) is 5.92 Å². The average Bonchev–Trinajstić information content (AvgIpc) is 2.30. The quantitative estimate of drug-likeness (QED) is 0.775. The summed E-state index contributed by atoms with van der Waals surface area (Å²) in [5, 5.41) is 3.38. The van der Waals surface area contributed by atoms with Crippen molar-refractivity contribution in [2.75, 3.05) is 19.6 Å². The Morgan fingerprint density at radius 1 is 1.31 bits per heavy atom. The maximum absolute atomic E-state index is 12.1. The largest absolute Gasteiger partial charge is 0.340 e. The van der Waals surface area contributed by atoms with E-state index in [0.717, 1.165) is 26.1 Å². The molecule has 0 aromatic carbocycles. The van der Waals surface area contributed by atoms with Crippen LogP contribution in [0.2, 0.25) is 0 Å². The zero-order valence-electron chi connectivity index (χ0n) is 10.4. The fraction of sp³-hybridized carbons (Fsp3) is 0.923. The zero-order valence-corrected chi connectivity index (χ0v) is 10.4. The van der Waals surface area contributed by atoms with Gasteiger partial charge in [0.05, 0.1) is 0 Å². The fourth-order valence-electron chi connectivity index (χ4n) is 2.93. The molecule has 2 aliphatic rings. The molecule has 92 valence electrons. The van der Waals surface area contributed by atoms with Gasteiger partial charge in [-0.05, 0) is 25.7 Å². The maximum Gasteiger partial charge on any atom is 0.222 e. The van der Waals surface area contributed by atoms with Crippen molar-refractivity contribution in [1.29, 1.82) is 0 Å². The Labute approximate surface area is 98.6 Å². The van der Waals surface area contributed by atoms with E-state index >= 15 is 0 Å². The number of nitrogens with one attached hydrogen (secondary N) is 1. The SMILES string of the molecule is C[C@@H]1CN(C(=O)CC2CCCCC2)CCN1. The summed E-state index contributed by atoms with van der Waals surface area (Å²) in [6.45, 7) is 4.90. The third-order valence-corrected chi connectivity index (χ3v) is 3.91. The van der Waals surface area contributed by atoms with Crippen molar-refractivity contribution in [3.8, 4) is 0 Å². The molecule has 3 nitrogen and oxygen atoms in total. The molecule has 1 saturated carbocycles. The Bertz CT molecular complexity index is 236. The summed E-state index contributed by atoms with van der Waals surface area (Å²) in [4.78, 5) is 14.2. The summed E-state index contributed by atoms with van der Waals surface area (Å²) in [5.41, 5.74) is 0. The van der Waals surface area contributed by atoms with Crippen LogP contribution in [0.25, 0.3) is 0 Å². The minimum absolute atomic E-state index is 0.389. The van der Waals surface area contributed by atoms with Gasteiger partial charge in [0.1, 0.15) is 0 Å². The van der Waals surface area contributed by atoms with Crippen LogP contribution in [0.3, 0.4) is 0 Å². The van der Waals surface area contributed by atoms with Gasteiger partial charge in [0.2, 0.25) is 5.91 Å². The molecule has 2 fully saturated rings. The van der Waals surface area contributed by atoms with Crippen molar-refractivity contribution < 1.29 is 4.79 Å². The van der Waals surface area contributed by atoms with Crippen LogP contribution in [0.5, 0.6) is 0 Å². The highest BCUT2D eigenvalue weighted by molar-refractivity contribution is 5.76. The topological polar surface area (TPSA) is 32.3 Å². The van der Waals surface area contributed by atoms with Gasteiger partial charge in [-0.1, -0.05) is 19.3 Å². The summed E-state index contributed by atoms with van der Waals surface area (Å²) in [6.07, 6.45) is 7.37. The molecule has 3 heteroatoms. The minimum atomic E-state index is 0.389. The normalized spacial score (nSPS) is 28.1. The predicted molar refractivity (Wildman–Crippen MR) is 65.2 cm³/mol. The number of carbonyl (C=O) groups excluding carboxylic acids is 1. The molecule has 1 atom stereocenters. The molecule has 1 amide bonds. The second kappa shape index (κ2) is 5.67. The van der Waals surface area contributed by atoms with E-state index in [1.807, 2.05) is 0 Å². The van der Waals surface area contributed by atoms with Gasteiger partial charge in [-0.25, -0.2) is 0 Å². The Kier molecular flexibility index (Phi) is 4.22. The third-order valence-electron chi connectivity index (χ3n) is 3.91. The first-order valence-electron chi connectivity index (χ1n) is 6.77. The standard InChI is InChI=1S/C13H24N2O/c1-11-10-15(8-7-14-11)13(16)9-12-5-3-2-4-6-12/h11-12,14H,2-10H2,1H3/t11-/m1/s1. The molecular weight excluding hydrogens is 200 g/mol. The Morgan fingerprint density at radius 3 is 2.75 bits per heavy atom. The van der Waals surface area contributed by atoms with Crippen LogP contribution in [-0.4, -0.2) is 36.5 Å². The van der Waals surface area contributed by atoms with Crippen molar-refractivity contribution in [3.63, 3.8) is 0 Å². The maximum atomic E-state index is 12.1. The van der Waals surface area contributed by atoms with Crippen molar-refractivity contribution in [2.45, 2.75) is 51.5 Å².